The van der Waals surface area contributed by atoms with Gasteiger partial charge in [0.1, 0.15) is 0 Å². The number of hydrogen-bond donors (Lipinski definition) is 0. The van der Waals surface area contributed by atoms with Crippen molar-refractivity contribution in [2.45, 2.75) is 13.5 Å². The van der Waals surface area contributed by atoms with E-state index in [9.17, 15) is 4.79 Å². The molecule has 0 amide bonds. The molecule has 1 atom stereocenters. The zero-order chi connectivity index (χ0) is 11.5. The molecule has 0 radical (unpaired) electrons. The fourth-order valence-electron chi connectivity index (χ4n) is 1.66. The molecule has 84 valence electrons. The van der Waals surface area contributed by atoms with E-state index >= 15 is 0 Å². The zero-order valence-electron chi connectivity index (χ0n) is 9.06. The van der Waals surface area contributed by atoms with Gasteiger partial charge in [0.15, 0.2) is 0 Å². The summed E-state index contributed by atoms with van der Waals surface area (Å²) >= 11 is 3.43. The van der Waals surface area contributed by atoms with Crippen LogP contribution >= 0.6 is 15.9 Å². The minimum absolute atomic E-state index is 0.0356. The maximum Gasteiger partial charge on any atom is 0.269 e. The molecule has 16 heavy (non-hydrogen) atoms. The van der Waals surface area contributed by atoms with E-state index in [4.69, 9.17) is 0 Å². The van der Waals surface area contributed by atoms with E-state index in [1.54, 1.807) is 4.57 Å². The van der Waals surface area contributed by atoms with Crippen molar-refractivity contribution in [3.05, 3.63) is 40.8 Å². The summed E-state index contributed by atoms with van der Waals surface area (Å²) in [5, 5.41) is 0.885. The molecule has 3 nitrogen and oxygen atoms in total. The summed E-state index contributed by atoms with van der Waals surface area (Å²) in [4.78, 5) is 15.9. The fraction of sp³-hybridized carbons (Fsp3) is 0.333. The van der Waals surface area contributed by atoms with Crippen molar-refractivity contribution < 1.29 is 0 Å². The Bertz CT molecular complexity index is 550. The molecule has 1 aromatic carbocycles. The van der Waals surface area contributed by atoms with E-state index in [0.29, 0.717) is 12.5 Å². The van der Waals surface area contributed by atoms with Gasteiger partial charge in [0.05, 0.1) is 17.2 Å². The summed E-state index contributed by atoms with van der Waals surface area (Å²) < 4.78 is 1.79. The van der Waals surface area contributed by atoms with Crippen LogP contribution in [-0.2, 0) is 6.54 Å². The van der Waals surface area contributed by atoms with Gasteiger partial charge in [-0.15, -0.1) is 0 Å². The number of rotatable bonds is 3. The average molecular weight is 281 g/mol. The number of hydrogen-bond acceptors (Lipinski definition) is 2. The lowest BCUT2D eigenvalue weighted by Gasteiger charge is -2.12. The van der Waals surface area contributed by atoms with Gasteiger partial charge < -0.3 is 4.57 Å². The van der Waals surface area contributed by atoms with Gasteiger partial charge in [0.25, 0.3) is 5.56 Å². The zero-order valence-corrected chi connectivity index (χ0v) is 10.6. The third kappa shape index (κ3) is 2.16. The van der Waals surface area contributed by atoms with Crippen molar-refractivity contribution in [3.63, 3.8) is 0 Å². The minimum atomic E-state index is -0.0356. The summed E-state index contributed by atoms with van der Waals surface area (Å²) in [5.41, 5.74) is 1.73. The van der Waals surface area contributed by atoms with E-state index in [0.717, 1.165) is 16.4 Å². The second kappa shape index (κ2) is 4.78. The first-order valence-corrected chi connectivity index (χ1v) is 6.35. The first kappa shape index (κ1) is 11.3. The fourth-order valence-corrected chi connectivity index (χ4v) is 1.87. The van der Waals surface area contributed by atoms with Crippen LogP contribution in [-0.4, -0.2) is 14.9 Å². The molecule has 0 bridgehead atoms. The molecule has 0 aliphatic rings. The van der Waals surface area contributed by atoms with Gasteiger partial charge in [-0.05, 0) is 18.1 Å². The van der Waals surface area contributed by atoms with E-state index in [1.165, 1.54) is 6.20 Å². The van der Waals surface area contributed by atoms with E-state index < -0.39 is 0 Å². The maximum atomic E-state index is 11.8. The van der Waals surface area contributed by atoms with Gasteiger partial charge in [0.2, 0.25) is 0 Å². The molecule has 4 heteroatoms. The van der Waals surface area contributed by atoms with Crippen LogP contribution in [0, 0.1) is 5.92 Å². The molecule has 2 aromatic rings. The molecule has 0 saturated heterocycles. The largest absolute Gasteiger partial charge is 0.305 e. The Morgan fingerprint density at radius 1 is 1.44 bits per heavy atom. The average Bonchev–Trinajstić information content (AvgIpc) is 2.32. The highest BCUT2D eigenvalue weighted by atomic mass is 79.9. The predicted octanol–water partition coefficient (Wildman–Crippen LogP) is 2.43. The Morgan fingerprint density at radius 3 is 2.94 bits per heavy atom. The summed E-state index contributed by atoms with van der Waals surface area (Å²) in [6, 6.07) is 7.71. The number of halogens is 1. The molecular formula is C12H13BrN2O. The quantitative estimate of drug-likeness (QED) is 0.810. The molecular weight excluding hydrogens is 268 g/mol. The predicted molar refractivity (Wildman–Crippen MR) is 69.0 cm³/mol. The lowest BCUT2D eigenvalue weighted by molar-refractivity contribution is 0.532. The van der Waals surface area contributed by atoms with Crippen LogP contribution < -0.4 is 5.56 Å². The van der Waals surface area contributed by atoms with Crippen LogP contribution in [0.15, 0.2) is 35.3 Å². The normalized spacial score (nSPS) is 12.9. The number of para-hydroxylation sites is 2. The summed E-state index contributed by atoms with van der Waals surface area (Å²) in [5.74, 6) is 0.420. The summed E-state index contributed by atoms with van der Waals surface area (Å²) in [6.07, 6.45) is 1.39. The molecule has 1 heterocycles. The van der Waals surface area contributed by atoms with Gasteiger partial charge >= 0.3 is 0 Å². The van der Waals surface area contributed by atoms with Gasteiger partial charge in [-0.25, -0.2) is 4.98 Å². The topological polar surface area (TPSA) is 34.9 Å². The van der Waals surface area contributed by atoms with Crippen molar-refractivity contribution in [2.75, 3.05) is 5.33 Å². The third-order valence-corrected chi connectivity index (χ3v) is 3.62. The van der Waals surface area contributed by atoms with Gasteiger partial charge in [-0.3, -0.25) is 4.79 Å². The van der Waals surface area contributed by atoms with Crippen LogP contribution in [0.2, 0.25) is 0 Å². The minimum Gasteiger partial charge on any atom is -0.305 e. The van der Waals surface area contributed by atoms with Crippen LogP contribution in [0.25, 0.3) is 11.0 Å². The van der Waals surface area contributed by atoms with Gasteiger partial charge in [-0.2, -0.15) is 0 Å². The Kier molecular flexibility index (Phi) is 3.39. The third-order valence-electron chi connectivity index (χ3n) is 2.51. The monoisotopic (exact) mass is 280 g/mol. The smallest absolute Gasteiger partial charge is 0.269 e. The lowest BCUT2D eigenvalue weighted by atomic mass is 10.2. The standard InChI is InChI=1S/C12H13BrN2O/c1-9(6-13)8-15-11-5-3-2-4-10(11)14-7-12(15)16/h2-5,7,9H,6,8H2,1H3. The van der Waals surface area contributed by atoms with Gasteiger partial charge in [0, 0.05) is 11.9 Å². The van der Waals surface area contributed by atoms with Crippen molar-refractivity contribution >= 4 is 27.0 Å². The van der Waals surface area contributed by atoms with Crippen LogP contribution in [0.1, 0.15) is 6.92 Å². The molecule has 0 saturated carbocycles. The summed E-state index contributed by atoms with van der Waals surface area (Å²) in [6.45, 7) is 2.82. The molecule has 1 aromatic heterocycles. The highest BCUT2D eigenvalue weighted by molar-refractivity contribution is 9.09. The molecule has 2 rings (SSSR count). The molecule has 0 N–H and O–H groups in total. The number of aromatic nitrogens is 2. The second-order valence-electron chi connectivity index (χ2n) is 3.96. The molecule has 0 fully saturated rings. The molecule has 0 aliphatic heterocycles. The Hall–Kier alpha value is -1.16. The van der Waals surface area contributed by atoms with Crippen molar-refractivity contribution in [2.24, 2.45) is 5.92 Å². The first-order chi connectivity index (χ1) is 7.72. The molecule has 0 spiro atoms. The van der Waals surface area contributed by atoms with E-state index in [2.05, 4.69) is 27.8 Å². The highest BCUT2D eigenvalue weighted by Gasteiger charge is 2.07. The lowest BCUT2D eigenvalue weighted by Crippen LogP contribution is -2.24. The SMILES string of the molecule is CC(CBr)Cn1c(=O)cnc2ccccc21. The Balaban J connectivity index is 2.57. The van der Waals surface area contributed by atoms with Crippen LogP contribution in [0.5, 0.6) is 0 Å². The molecule has 0 aliphatic carbocycles. The number of alkyl halides is 1. The van der Waals surface area contributed by atoms with E-state index in [-0.39, 0.29) is 5.56 Å². The van der Waals surface area contributed by atoms with E-state index in [1.807, 2.05) is 24.3 Å². The number of fused-ring (bicyclic) bond motifs is 1. The van der Waals surface area contributed by atoms with Gasteiger partial charge in [-0.1, -0.05) is 35.0 Å². The van der Waals surface area contributed by atoms with Crippen molar-refractivity contribution in [3.8, 4) is 0 Å². The molecule has 1 unspecified atom stereocenters. The highest BCUT2D eigenvalue weighted by Crippen LogP contribution is 2.11. The second-order valence-corrected chi connectivity index (χ2v) is 4.60. The van der Waals surface area contributed by atoms with Crippen molar-refractivity contribution in [1.82, 2.24) is 9.55 Å². The number of benzene rings is 1. The maximum absolute atomic E-state index is 11.8. The Labute approximate surface area is 102 Å². The number of nitrogens with zero attached hydrogens (tertiary/aromatic N) is 2. The first-order valence-electron chi connectivity index (χ1n) is 5.23. The Morgan fingerprint density at radius 2 is 2.19 bits per heavy atom. The van der Waals surface area contributed by atoms with Crippen LogP contribution in [0.3, 0.4) is 0 Å². The summed E-state index contributed by atoms with van der Waals surface area (Å²) in [7, 11) is 0. The van der Waals surface area contributed by atoms with Crippen molar-refractivity contribution in [1.29, 1.82) is 0 Å². The van der Waals surface area contributed by atoms with Crippen LogP contribution in [0.4, 0.5) is 0 Å².